The molecule has 0 saturated heterocycles. The predicted molar refractivity (Wildman–Crippen MR) is 114 cm³/mol. The number of rotatable bonds is 17. The number of benzene rings is 1. The lowest BCUT2D eigenvalue weighted by atomic mass is 10.0. The quantitative estimate of drug-likeness (QED) is 0.0637. The van der Waals surface area contributed by atoms with Gasteiger partial charge in [0, 0.05) is 41.2 Å². The fraction of sp³-hybridized carbons (Fsp3) is 0.526. The van der Waals surface area contributed by atoms with E-state index in [2.05, 4.69) is 26.1 Å². The summed E-state index contributed by atoms with van der Waals surface area (Å²) in [6.45, 7) is 0.777. The molecule has 0 aliphatic rings. The molecule has 0 unspecified atom stereocenters. The molecule has 0 atom stereocenters. The van der Waals surface area contributed by atoms with Gasteiger partial charge in [-0.2, -0.15) is 0 Å². The van der Waals surface area contributed by atoms with Crippen molar-refractivity contribution in [2.75, 3.05) is 65.9 Å². The molecule has 14 heteroatoms. The second-order valence-corrected chi connectivity index (χ2v) is 6.22. The summed E-state index contributed by atoms with van der Waals surface area (Å²) in [6.07, 6.45) is 0. The first-order valence-corrected chi connectivity index (χ1v) is 10.0. The number of aliphatic hydroxyl groups is 2. The number of carbonyl (C=O) groups is 3. The van der Waals surface area contributed by atoms with Gasteiger partial charge in [-0.3, -0.25) is 19.2 Å². The van der Waals surface area contributed by atoms with E-state index in [0.29, 0.717) is 6.61 Å². The predicted octanol–water partition coefficient (Wildman–Crippen LogP) is -0.864. The van der Waals surface area contributed by atoms with Crippen LogP contribution >= 0.6 is 0 Å². The second-order valence-electron chi connectivity index (χ2n) is 6.22. The summed E-state index contributed by atoms with van der Waals surface area (Å²) in [5.74, 6) is -1.85. The smallest absolute Gasteiger partial charge is 0.274 e. The van der Waals surface area contributed by atoms with Crippen molar-refractivity contribution in [3.05, 3.63) is 45.3 Å². The molecule has 0 radical (unpaired) electrons. The van der Waals surface area contributed by atoms with Gasteiger partial charge in [-0.1, -0.05) is 5.11 Å². The molecule has 3 amide bonds. The van der Waals surface area contributed by atoms with Crippen molar-refractivity contribution < 1.29 is 38.9 Å². The number of hydroxylamine groups is 1. The minimum atomic E-state index is -0.690. The minimum Gasteiger partial charge on any atom is -0.395 e. The highest BCUT2D eigenvalue weighted by atomic mass is 16.7. The molecule has 0 aliphatic carbocycles. The van der Waals surface area contributed by atoms with E-state index < -0.39 is 17.7 Å². The number of hydrogen-bond acceptors (Lipinski definition) is 9. The Morgan fingerprint density at radius 2 is 1.30 bits per heavy atom. The fourth-order valence-corrected chi connectivity index (χ4v) is 2.31. The van der Waals surface area contributed by atoms with Gasteiger partial charge in [0.15, 0.2) is 0 Å². The van der Waals surface area contributed by atoms with Crippen molar-refractivity contribution >= 4 is 17.7 Å². The molecule has 33 heavy (non-hydrogen) atoms. The zero-order chi connectivity index (χ0) is 24.3. The zero-order valence-corrected chi connectivity index (χ0v) is 18.0. The Bertz CT molecular complexity index is 777. The molecular formula is C19H28N6O8. The molecule has 182 valence electrons. The van der Waals surface area contributed by atoms with E-state index in [1.54, 1.807) is 0 Å². The van der Waals surface area contributed by atoms with Gasteiger partial charge in [-0.25, -0.2) is 5.48 Å². The van der Waals surface area contributed by atoms with Crippen LogP contribution in [-0.2, 0) is 14.3 Å². The van der Waals surface area contributed by atoms with Gasteiger partial charge in [-0.05, 0) is 23.7 Å². The first-order valence-electron chi connectivity index (χ1n) is 10.0. The number of nitrogens with one attached hydrogen (secondary N) is 3. The third kappa shape index (κ3) is 11.8. The highest BCUT2D eigenvalue weighted by Gasteiger charge is 2.16. The van der Waals surface area contributed by atoms with Crippen LogP contribution in [0.25, 0.3) is 10.4 Å². The third-order valence-corrected chi connectivity index (χ3v) is 3.78. The van der Waals surface area contributed by atoms with Crippen molar-refractivity contribution in [2.45, 2.75) is 0 Å². The second kappa shape index (κ2) is 17.3. The fourth-order valence-electron chi connectivity index (χ4n) is 2.31. The number of nitrogens with zero attached hydrogens (tertiary/aromatic N) is 3. The number of hydrogen-bond donors (Lipinski definition) is 5. The van der Waals surface area contributed by atoms with Gasteiger partial charge in [0.1, 0.15) is 0 Å². The van der Waals surface area contributed by atoms with Crippen LogP contribution in [0.2, 0.25) is 0 Å². The molecule has 1 aromatic carbocycles. The van der Waals surface area contributed by atoms with Crippen LogP contribution in [-0.4, -0.2) is 93.8 Å². The maximum atomic E-state index is 12.4. The van der Waals surface area contributed by atoms with E-state index in [1.165, 1.54) is 18.2 Å². The molecule has 0 fully saturated rings. The van der Waals surface area contributed by atoms with E-state index in [4.69, 9.17) is 30.1 Å². The van der Waals surface area contributed by atoms with Crippen molar-refractivity contribution in [1.82, 2.24) is 16.1 Å². The molecule has 0 aromatic heterocycles. The van der Waals surface area contributed by atoms with E-state index in [9.17, 15) is 14.4 Å². The molecule has 0 saturated carbocycles. The molecule has 0 aliphatic heterocycles. The number of aliphatic hydroxyl groups excluding tert-OH is 2. The average molecular weight is 468 g/mol. The summed E-state index contributed by atoms with van der Waals surface area (Å²) < 4.78 is 10.4. The largest absolute Gasteiger partial charge is 0.395 e. The molecule has 1 aromatic rings. The van der Waals surface area contributed by atoms with Crippen LogP contribution in [0.3, 0.4) is 0 Å². The first-order chi connectivity index (χ1) is 16.0. The maximum Gasteiger partial charge on any atom is 0.274 e. The van der Waals surface area contributed by atoms with Crippen molar-refractivity contribution in [3.63, 3.8) is 0 Å². The highest BCUT2D eigenvalue weighted by Crippen LogP contribution is 2.11. The van der Waals surface area contributed by atoms with Gasteiger partial charge in [0.05, 0.1) is 46.2 Å². The van der Waals surface area contributed by atoms with E-state index in [-0.39, 0.29) is 76.0 Å². The Balaban J connectivity index is 2.57. The standard InChI is InChI=1S/C19H28N6O8/c20-25-23-3-6-31-7-8-32-9-10-33-24-19(30)16-12-14(17(28)21-1-4-26)11-15(13-16)18(29)22-2-5-27/h11-13,26-27H,1-10H2,(H,21,28)(H,22,29)(H,24,30). The van der Waals surface area contributed by atoms with Crippen molar-refractivity contribution in [2.24, 2.45) is 5.11 Å². The Morgan fingerprint density at radius 3 is 1.82 bits per heavy atom. The first kappa shape index (κ1) is 27.8. The van der Waals surface area contributed by atoms with Crippen LogP contribution in [0.15, 0.2) is 23.3 Å². The summed E-state index contributed by atoms with van der Waals surface area (Å²) >= 11 is 0. The van der Waals surface area contributed by atoms with Crippen LogP contribution in [0.5, 0.6) is 0 Å². The van der Waals surface area contributed by atoms with Gasteiger partial charge in [0.25, 0.3) is 17.7 Å². The lowest BCUT2D eigenvalue weighted by molar-refractivity contribution is -0.0130. The number of ether oxygens (including phenoxy) is 2. The summed E-state index contributed by atoms with van der Waals surface area (Å²) in [7, 11) is 0. The normalized spacial score (nSPS) is 10.2. The van der Waals surface area contributed by atoms with E-state index >= 15 is 0 Å². The van der Waals surface area contributed by atoms with Crippen molar-refractivity contribution in [1.29, 1.82) is 0 Å². The van der Waals surface area contributed by atoms with Crippen LogP contribution in [0, 0.1) is 0 Å². The van der Waals surface area contributed by atoms with Crippen LogP contribution < -0.4 is 16.1 Å². The van der Waals surface area contributed by atoms with E-state index in [1.807, 2.05) is 0 Å². The topological polar surface area (TPSA) is 204 Å². The molecular weight excluding hydrogens is 440 g/mol. The maximum absolute atomic E-state index is 12.4. The van der Waals surface area contributed by atoms with Gasteiger partial charge in [0.2, 0.25) is 0 Å². The highest BCUT2D eigenvalue weighted by molar-refractivity contribution is 6.04. The van der Waals surface area contributed by atoms with Crippen LogP contribution in [0.4, 0.5) is 0 Å². The summed E-state index contributed by atoms with van der Waals surface area (Å²) in [5.41, 5.74) is 10.4. The molecule has 5 N–H and O–H groups in total. The Labute approximate surface area is 189 Å². The number of azide groups is 1. The molecule has 0 heterocycles. The number of carbonyl (C=O) groups excluding carboxylic acids is 3. The zero-order valence-electron chi connectivity index (χ0n) is 18.0. The third-order valence-electron chi connectivity index (χ3n) is 3.78. The van der Waals surface area contributed by atoms with Gasteiger partial charge < -0.3 is 30.3 Å². The molecule has 0 spiro atoms. The van der Waals surface area contributed by atoms with E-state index in [0.717, 1.165) is 0 Å². The van der Waals surface area contributed by atoms with Crippen molar-refractivity contribution in [3.8, 4) is 0 Å². The Kier molecular flexibility index (Phi) is 14.6. The summed E-state index contributed by atoms with van der Waals surface area (Å²) in [6, 6.07) is 3.84. The summed E-state index contributed by atoms with van der Waals surface area (Å²) in [5, 5.41) is 25.9. The average Bonchev–Trinajstić information content (AvgIpc) is 2.83. The Hall–Kier alpha value is -3.26. The van der Waals surface area contributed by atoms with Gasteiger partial charge in [-0.15, -0.1) is 0 Å². The Morgan fingerprint density at radius 1 is 0.818 bits per heavy atom. The minimum absolute atomic E-state index is 0.00323. The lowest BCUT2D eigenvalue weighted by Crippen LogP contribution is -2.30. The van der Waals surface area contributed by atoms with Crippen LogP contribution in [0.1, 0.15) is 31.1 Å². The lowest BCUT2D eigenvalue weighted by Gasteiger charge is -2.11. The molecule has 14 nitrogen and oxygen atoms in total. The summed E-state index contributed by atoms with van der Waals surface area (Å²) in [4.78, 5) is 44.5. The SMILES string of the molecule is [N-]=[N+]=NCCOCCOCCONC(=O)c1cc(C(=O)NCCO)cc(C(=O)NCCO)c1. The molecule has 1 rings (SSSR count). The monoisotopic (exact) mass is 468 g/mol. The number of amides is 3. The molecule has 0 bridgehead atoms. The van der Waals surface area contributed by atoms with Gasteiger partial charge >= 0.3 is 0 Å².